The number of piperidine rings is 1. The quantitative estimate of drug-likeness (QED) is 0.839. The predicted molar refractivity (Wildman–Crippen MR) is 95.8 cm³/mol. The first-order valence-electron chi connectivity index (χ1n) is 8.78. The normalized spacial score (nSPS) is 18.0. The minimum atomic E-state index is -0.146. The molecule has 4 heteroatoms. The number of hydrogen-bond donors (Lipinski definition) is 0. The van der Waals surface area contributed by atoms with Crippen molar-refractivity contribution in [2.75, 3.05) is 20.2 Å². The molecule has 0 radical (unpaired) electrons. The van der Waals surface area contributed by atoms with Crippen molar-refractivity contribution in [1.82, 2.24) is 14.9 Å². The van der Waals surface area contributed by atoms with Gasteiger partial charge >= 0.3 is 0 Å². The van der Waals surface area contributed by atoms with Crippen molar-refractivity contribution in [1.29, 1.82) is 0 Å². The topological polar surface area (TPSA) is 38.2 Å². The Bertz CT molecular complexity index is 649. The molecule has 1 aliphatic heterocycles. The molecule has 2 heterocycles. The summed E-state index contributed by atoms with van der Waals surface area (Å²) in [4.78, 5) is 11.5. The summed E-state index contributed by atoms with van der Waals surface area (Å²) in [6, 6.07) is 12.6. The van der Waals surface area contributed by atoms with E-state index in [1.165, 1.54) is 5.56 Å². The first-order valence-corrected chi connectivity index (χ1v) is 8.78. The van der Waals surface area contributed by atoms with E-state index in [9.17, 15) is 0 Å². The SMILES string of the molecule is COC1(c2ccccc2)CCN(Cc2ccnc(C(C)C)n2)CC1. The van der Waals surface area contributed by atoms with Crippen molar-refractivity contribution in [3.63, 3.8) is 0 Å². The Morgan fingerprint density at radius 3 is 2.46 bits per heavy atom. The van der Waals surface area contributed by atoms with Crippen LogP contribution in [0.4, 0.5) is 0 Å². The lowest BCUT2D eigenvalue weighted by molar-refractivity contribution is -0.0639. The van der Waals surface area contributed by atoms with E-state index in [0.717, 1.165) is 44.0 Å². The van der Waals surface area contributed by atoms with E-state index in [1.54, 1.807) is 0 Å². The second-order valence-corrected chi connectivity index (χ2v) is 6.90. The van der Waals surface area contributed by atoms with E-state index in [1.807, 2.05) is 19.4 Å². The number of hydrogen-bond acceptors (Lipinski definition) is 4. The first kappa shape index (κ1) is 17.1. The van der Waals surface area contributed by atoms with Crippen molar-refractivity contribution < 1.29 is 4.74 Å². The van der Waals surface area contributed by atoms with Crippen molar-refractivity contribution in [2.45, 2.75) is 44.8 Å². The third kappa shape index (κ3) is 3.65. The average Bonchev–Trinajstić information content (AvgIpc) is 2.63. The molecule has 0 saturated carbocycles. The fourth-order valence-corrected chi connectivity index (χ4v) is 3.43. The van der Waals surface area contributed by atoms with Gasteiger partial charge < -0.3 is 4.74 Å². The van der Waals surface area contributed by atoms with Gasteiger partial charge in [0.05, 0.1) is 11.3 Å². The number of nitrogens with zero attached hydrogens (tertiary/aromatic N) is 3. The Morgan fingerprint density at radius 2 is 1.83 bits per heavy atom. The zero-order chi connectivity index (χ0) is 17.0. The average molecular weight is 325 g/mol. The third-order valence-corrected chi connectivity index (χ3v) is 4.99. The molecule has 128 valence electrons. The molecule has 1 aromatic heterocycles. The van der Waals surface area contributed by atoms with Gasteiger partial charge in [0.15, 0.2) is 0 Å². The van der Waals surface area contributed by atoms with Crippen molar-refractivity contribution in [2.24, 2.45) is 0 Å². The lowest BCUT2D eigenvalue weighted by Crippen LogP contribution is -2.43. The molecular weight excluding hydrogens is 298 g/mol. The van der Waals surface area contributed by atoms with Crippen LogP contribution in [0.3, 0.4) is 0 Å². The fourth-order valence-electron chi connectivity index (χ4n) is 3.43. The zero-order valence-electron chi connectivity index (χ0n) is 14.9. The standard InChI is InChI=1S/C20H27N3O/c1-16(2)19-21-12-9-18(22-19)15-23-13-10-20(24-3,11-14-23)17-7-5-4-6-8-17/h4-9,12,16H,10-11,13-15H2,1-3H3. The van der Waals surface area contributed by atoms with Crippen LogP contribution in [0.25, 0.3) is 0 Å². The molecule has 24 heavy (non-hydrogen) atoms. The third-order valence-electron chi connectivity index (χ3n) is 4.99. The minimum absolute atomic E-state index is 0.146. The highest BCUT2D eigenvalue weighted by atomic mass is 16.5. The molecule has 0 aliphatic carbocycles. The van der Waals surface area contributed by atoms with Gasteiger partial charge in [0.1, 0.15) is 5.82 Å². The van der Waals surface area contributed by atoms with Crippen molar-refractivity contribution in [3.05, 3.63) is 59.7 Å². The zero-order valence-corrected chi connectivity index (χ0v) is 14.9. The molecule has 4 nitrogen and oxygen atoms in total. The molecule has 0 amide bonds. The Kier molecular flexibility index (Phi) is 5.27. The van der Waals surface area contributed by atoms with Gasteiger partial charge in [-0.2, -0.15) is 0 Å². The highest BCUT2D eigenvalue weighted by Crippen LogP contribution is 2.36. The Balaban J connectivity index is 1.65. The lowest BCUT2D eigenvalue weighted by atomic mass is 9.84. The van der Waals surface area contributed by atoms with Gasteiger partial charge in [-0.05, 0) is 24.5 Å². The number of methoxy groups -OCH3 is 1. The maximum Gasteiger partial charge on any atom is 0.131 e. The van der Waals surface area contributed by atoms with E-state index in [4.69, 9.17) is 9.72 Å². The summed E-state index contributed by atoms with van der Waals surface area (Å²) in [5.41, 5.74) is 2.25. The van der Waals surface area contributed by atoms with Crippen LogP contribution in [0.5, 0.6) is 0 Å². The Labute approximate surface area is 144 Å². The summed E-state index contributed by atoms with van der Waals surface area (Å²) in [7, 11) is 1.84. The van der Waals surface area contributed by atoms with Crippen LogP contribution < -0.4 is 0 Å². The van der Waals surface area contributed by atoms with Gasteiger partial charge in [-0.3, -0.25) is 4.90 Å². The molecule has 2 aromatic rings. The van der Waals surface area contributed by atoms with Crippen LogP contribution >= 0.6 is 0 Å². The molecule has 0 N–H and O–H groups in total. The smallest absolute Gasteiger partial charge is 0.131 e. The number of aromatic nitrogens is 2. The van der Waals surface area contributed by atoms with Crippen LogP contribution in [0.1, 0.15) is 49.7 Å². The molecule has 1 saturated heterocycles. The molecule has 1 aromatic carbocycles. The van der Waals surface area contributed by atoms with Gasteiger partial charge in [-0.25, -0.2) is 9.97 Å². The minimum Gasteiger partial charge on any atom is -0.373 e. The van der Waals surface area contributed by atoms with Crippen LogP contribution in [0, 0.1) is 0 Å². The highest BCUT2D eigenvalue weighted by molar-refractivity contribution is 5.23. The number of likely N-dealkylation sites (tertiary alicyclic amines) is 1. The van der Waals surface area contributed by atoms with E-state index in [2.05, 4.69) is 54.1 Å². The summed E-state index contributed by atoms with van der Waals surface area (Å²) in [5.74, 6) is 1.30. The molecule has 0 atom stereocenters. The molecule has 1 fully saturated rings. The van der Waals surface area contributed by atoms with E-state index >= 15 is 0 Å². The molecule has 0 unspecified atom stereocenters. The molecule has 0 spiro atoms. The van der Waals surface area contributed by atoms with Crippen LogP contribution in [-0.2, 0) is 16.9 Å². The van der Waals surface area contributed by atoms with E-state index in [-0.39, 0.29) is 5.60 Å². The number of ether oxygens (including phenoxy) is 1. The lowest BCUT2D eigenvalue weighted by Gasteiger charge is -2.41. The summed E-state index contributed by atoms with van der Waals surface area (Å²) < 4.78 is 5.96. The summed E-state index contributed by atoms with van der Waals surface area (Å²) in [6.07, 6.45) is 3.90. The first-order chi connectivity index (χ1) is 11.6. The van der Waals surface area contributed by atoms with Crippen molar-refractivity contribution in [3.8, 4) is 0 Å². The van der Waals surface area contributed by atoms with E-state index < -0.39 is 0 Å². The Hall–Kier alpha value is -1.78. The molecular formula is C20H27N3O. The van der Waals surface area contributed by atoms with Crippen LogP contribution in [-0.4, -0.2) is 35.1 Å². The monoisotopic (exact) mass is 325 g/mol. The predicted octanol–water partition coefficient (Wildman–Crippen LogP) is 3.74. The fraction of sp³-hybridized carbons (Fsp3) is 0.500. The second-order valence-electron chi connectivity index (χ2n) is 6.90. The number of rotatable bonds is 5. The van der Waals surface area contributed by atoms with Gasteiger partial charge in [-0.15, -0.1) is 0 Å². The van der Waals surface area contributed by atoms with Gasteiger partial charge in [-0.1, -0.05) is 44.2 Å². The summed E-state index contributed by atoms with van der Waals surface area (Å²) in [5, 5.41) is 0. The van der Waals surface area contributed by atoms with Gasteiger partial charge in [0, 0.05) is 38.9 Å². The van der Waals surface area contributed by atoms with Crippen LogP contribution in [0.15, 0.2) is 42.6 Å². The summed E-state index contributed by atoms with van der Waals surface area (Å²) in [6.45, 7) is 7.18. The molecule has 0 bridgehead atoms. The second kappa shape index (κ2) is 7.41. The van der Waals surface area contributed by atoms with Crippen LogP contribution in [0.2, 0.25) is 0 Å². The van der Waals surface area contributed by atoms with Crippen molar-refractivity contribution >= 4 is 0 Å². The summed E-state index contributed by atoms with van der Waals surface area (Å²) >= 11 is 0. The maximum absolute atomic E-state index is 5.96. The maximum atomic E-state index is 5.96. The van der Waals surface area contributed by atoms with E-state index in [0.29, 0.717) is 5.92 Å². The van der Waals surface area contributed by atoms with Gasteiger partial charge in [0.25, 0.3) is 0 Å². The number of benzene rings is 1. The van der Waals surface area contributed by atoms with Gasteiger partial charge in [0.2, 0.25) is 0 Å². The largest absolute Gasteiger partial charge is 0.373 e. The molecule has 1 aliphatic rings. The molecule has 3 rings (SSSR count). The highest BCUT2D eigenvalue weighted by Gasteiger charge is 2.36. The Morgan fingerprint density at radius 1 is 1.12 bits per heavy atom.